The molecular formula is C7H11O3-. The van der Waals surface area contributed by atoms with E-state index < -0.39 is 11.9 Å². The molecule has 0 bridgehead atoms. The lowest BCUT2D eigenvalue weighted by Gasteiger charge is -2.12. The van der Waals surface area contributed by atoms with Gasteiger partial charge < -0.3 is 9.90 Å². The molecular weight excluding hydrogens is 132 g/mol. The fourth-order valence-corrected chi connectivity index (χ4v) is 0.776. The predicted molar refractivity (Wildman–Crippen MR) is 34.1 cm³/mol. The third-order valence-corrected chi connectivity index (χ3v) is 1.35. The van der Waals surface area contributed by atoms with Crippen LogP contribution in [0.5, 0.6) is 0 Å². The minimum atomic E-state index is -1.26. The lowest BCUT2D eigenvalue weighted by molar-refractivity contribution is -0.310. The second-order valence-corrected chi connectivity index (χ2v) is 2.27. The molecule has 0 radical (unpaired) electrons. The Hall–Kier alpha value is -0.860. The van der Waals surface area contributed by atoms with Crippen LogP contribution in [-0.4, -0.2) is 11.8 Å². The summed E-state index contributed by atoms with van der Waals surface area (Å²) >= 11 is 0. The Kier molecular flexibility index (Phi) is 3.69. The average Bonchev–Trinajstić information content (AvgIpc) is 1.81. The molecule has 1 atom stereocenters. The van der Waals surface area contributed by atoms with Crippen molar-refractivity contribution in [1.82, 2.24) is 0 Å². The zero-order chi connectivity index (χ0) is 8.15. The van der Waals surface area contributed by atoms with Gasteiger partial charge in [0, 0.05) is 0 Å². The molecule has 3 heteroatoms. The first-order valence-corrected chi connectivity index (χ1v) is 3.31. The molecule has 10 heavy (non-hydrogen) atoms. The molecule has 0 N–H and O–H groups in total. The first-order valence-electron chi connectivity index (χ1n) is 3.31. The summed E-state index contributed by atoms with van der Waals surface area (Å²) in [7, 11) is 0. The molecule has 0 fully saturated rings. The summed E-state index contributed by atoms with van der Waals surface area (Å²) in [6.45, 7) is 3.11. The molecule has 0 aliphatic heterocycles. The van der Waals surface area contributed by atoms with Crippen molar-refractivity contribution in [3.8, 4) is 0 Å². The van der Waals surface area contributed by atoms with Gasteiger partial charge >= 0.3 is 0 Å². The molecule has 0 heterocycles. The van der Waals surface area contributed by atoms with E-state index in [1.165, 1.54) is 6.92 Å². The molecule has 1 unspecified atom stereocenters. The summed E-state index contributed by atoms with van der Waals surface area (Å²) in [5.74, 6) is -2.47. The number of rotatable bonds is 4. The molecule has 0 aromatic rings. The Balaban J connectivity index is 3.98. The van der Waals surface area contributed by atoms with Crippen molar-refractivity contribution in [3.63, 3.8) is 0 Å². The number of hydrogen-bond acceptors (Lipinski definition) is 3. The Morgan fingerprint density at radius 1 is 1.50 bits per heavy atom. The maximum atomic E-state index is 10.6. The summed E-state index contributed by atoms with van der Waals surface area (Å²) in [6, 6.07) is 0. The number of carboxylic acids is 1. The quantitative estimate of drug-likeness (QED) is 0.509. The fourth-order valence-electron chi connectivity index (χ4n) is 0.776. The van der Waals surface area contributed by atoms with E-state index in [9.17, 15) is 14.7 Å². The summed E-state index contributed by atoms with van der Waals surface area (Å²) in [4.78, 5) is 20.8. The number of hydrogen-bond donors (Lipinski definition) is 0. The lowest BCUT2D eigenvalue weighted by atomic mass is 10.0. The van der Waals surface area contributed by atoms with Crippen molar-refractivity contribution >= 4 is 11.8 Å². The Labute approximate surface area is 60.0 Å². The second kappa shape index (κ2) is 4.04. The van der Waals surface area contributed by atoms with E-state index in [0.717, 1.165) is 0 Å². The highest BCUT2D eigenvalue weighted by atomic mass is 16.4. The molecule has 3 nitrogen and oxygen atoms in total. The smallest absolute Gasteiger partial charge is 0.138 e. The Morgan fingerprint density at radius 2 is 2.00 bits per heavy atom. The van der Waals surface area contributed by atoms with Gasteiger partial charge in [0.05, 0.1) is 11.9 Å². The molecule has 0 amide bonds. The van der Waals surface area contributed by atoms with Crippen LogP contribution < -0.4 is 5.11 Å². The number of carbonyl (C=O) groups excluding carboxylic acids is 2. The van der Waals surface area contributed by atoms with E-state index in [-0.39, 0.29) is 5.78 Å². The van der Waals surface area contributed by atoms with E-state index in [1.807, 2.05) is 6.92 Å². The van der Waals surface area contributed by atoms with Gasteiger partial charge in [-0.3, -0.25) is 4.79 Å². The second-order valence-electron chi connectivity index (χ2n) is 2.27. The summed E-state index contributed by atoms with van der Waals surface area (Å²) in [5, 5.41) is 10.2. The van der Waals surface area contributed by atoms with Crippen LogP contribution >= 0.6 is 0 Å². The maximum absolute atomic E-state index is 10.6. The van der Waals surface area contributed by atoms with Crippen molar-refractivity contribution in [2.75, 3.05) is 0 Å². The number of carbonyl (C=O) groups is 2. The molecule has 0 aromatic heterocycles. The van der Waals surface area contributed by atoms with E-state index in [4.69, 9.17) is 0 Å². The van der Waals surface area contributed by atoms with E-state index >= 15 is 0 Å². The van der Waals surface area contributed by atoms with Gasteiger partial charge in [0.15, 0.2) is 0 Å². The van der Waals surface area contributed by atoms with Gasteiger partial charge in [-0.25, -0.2) is 0 Å². The van der Waals surface area contributed by atoms with Crippen molar-refractivity contribution in [2.24, 2.45) is 5.92 Å². The molecule has 58 valence electrons. The highest BCUT2D eigenvalue weighted by Crippen LogP contribution is 2.05. The van der Waals surface area contributed by atoms with Crippen LogP contribution in [0, 0.1) is 5.92 Å². The van der Waals surface area contributed by atoms with Gasteiger partial charge in [-0.05, 0) is 13.3 Å². The van der Waals surface area contributed by atoms with Gasteiger partial charge in [0.25, 0.3) is 0 Å². The third-order valence-electron chi connectivity index (χ3n) is 1.35. The van der Waals surface area contributed by atoms with Gasteiger partial charge in [-0.1, -0.05) is 13.3 Å². The lowest BCUT2D eigenvalue weighted by Crippen LogP contribution is -2.35. The monoisotopic (exact) mass is 143 g/mol. The van der Waals surface area contributed by atoms with Gasteiger partial charge in [0.2, 0.25) is 0 Å². The van der Waals surface area contributed by atoms with Crippen LogP contribution in [0.25, 0.3) is 0 Å². The summed E-state index contributed by atoms with van der Waals surface area (Å²) in [5.41, 5.74) is 0. The number of carboxylic acid groups (broad SMARTS) is 1. The molecule has 0 saturated heterocycles. The normalized spacial score (nSPS) is 12.6. The van der Waals surface area contributed by atoms with Crippen LogP contribution in [0.2, 0.25) is 0 Å². The van der Waals surface area contributed by atoms with Crippen molar-refractivity contribution in [1.29, 1.82) is 0 Å². The number of Topliss-reactive ketones (excluding diaryl/α,β-unsaturated/α-hetero) is 1. The van der Waals surface area contributed by atoms with Crippen LogP contribution in [0.4, 0.5) is 0 Å². The molecule has 0 spiro atoms. The Bertz CT molecular complexity index is 126. The minimum absolute atomic E-state index is 0.318. The minimum Gasteiger partial charge on any atom is -0.549 e. The predicted octanol–water partition coefficient (Wildman–Crippen LogP) is -0.258. The molecule has 0 aromatic carbocycles. The zero-order valence-corrected chi connectivity index (χ0v) is 6.22. The topological polar surface area (TPSA) is 57.2 Å². The van der Waals surface area contributed by atoms with Crippen molar-refractivity contribution in [3.05, 3.63) is 0 Å². The van der Waals surface area contributed by atoms with Crippen molar-refractivity contribution < 1.29 is 14.7 Å². The third kappa shape index (κ3) is 2.62. The van der Waals surface area contributed by atoms with Gasteiger partial charge in [0.1, 0.15) is 5.78 Å². The van der Waals surface area contributed by atoms with Crippen LogP contribution in [0.15, 0.2) is 0 Å². The first kappa shape index (κ1) is 9.14. The Morgan fingerprint density at radius 3 is 2.10 bits per heavy atom. The standard InChI is InChI=1S/C7H12O3/c1-3-4-6(5(2)8)7(9)10/h6H,3-4H2,1-2H3,(H,9,10)/p-1. The number of ketones is 1. The van der Waals surface area contributed by atoms with E-state index in [1.54, 1.807) is 0 Å². The SMILES string of the molecule is CCCC(C(C)=O)C(=O)[O-]. The highest BCUT2D eigenvalue weighted by molar-refractivity contribution is 5.95. The first-order chi connectivity index (χ1) is 4.59. The molecule has 0 saturated carbocycles. The number of aliphatic carboxylic acids is 1. The van der Waals surface area contributed by atoms with Crippen molar-refractivity contribution in [2.45, 2.75) is 26.7 Å². The molecule has 0 aliphatic carbocycles. The van der Waals surface area contributed by atoms with Crippen LogP contribution in [0.3, 0.4) is 0 Å². The summed E-state index contributed by atoms with van der Waals surface area (Å²) < 4.78 is 0. The molecule has 0 rings (SSSR count). The van der Waals surface area contributed by atoms with Gasteiger partial charge in [-0.15, -0.1) is 0 Å². The van der Waals surface area contributed by atoms with Gasteiger partial charge in [-0.2, -0.15) is 0 Å². The highest BCUT2D eigenvalue weighted by Gasteiger charge is 2.12. The van der Waals surface area contributed by atoms with Crippen LogP contribution in [0.1, 0.15) is 26.7 Å². The average molecular weight is 143 g/mol. The largest absolute Gasteiger partial charge is 0.549 e. The fraction of sp³-hybridized carbons (Fsp3) is 0.714. The maximum Gasteiger partial charge on any atom is 0.138 e. The zero-order valence-electron chi connectivity index (χ0n) is 6.22. The summed E-state index contributed by atoms with van der Waals surface area (Å²) in [6.07, 6.45) is 1.08. The molecule has 0 aliphatic rings. The van der Waals surface area contributed by atoms with Crippen LogP contribution in [-0.2, 0) is 9.59 Å². The van der Waals surface area contributed by atoms with E-state index in [0.29, 0.717) is 12.8 Å². The van der Waals surface area contributed by atoms with E-state index in [2.05, 4.69) is 0 Å².